The van der Waals surface area contributed by atoms with Crippen LogP contribution in [0.15, 0.2) is 16.7 Å². The molecule has 90 valence electrons. The average Bonchev–Trinajstić information content (AvgIpc) is 2.92. The number of furan rings is 1. The van der Waals surface area contributed by atoms with Crippen LogP contribution in [0.25, 0.3) is 0 Å². The number of aryl methyl sites for hydroxylation is 1. The largest absolute Gasteiger partial charge is 0.467 e. The molecule has 0 spiro atoms. The summed E-state index contributed by atoms with van der Waals surface area (Å²) in [5.74, 6) is 1.07. The molecule has 0 aliphatic carbocycles. The van der Waals surface area contributed by atoms with Crippen molar-refractivity contribution in [3.8, 4) is 0 Å². The lowest BCUT2D eigenvalue weighted by atomic mass is 10.0. The molecule has 0 bridgehead atoms. The van der Waals surface area contributed by atoms with E-state index in [2.05, 4.69) is 12.2 Å². The fraction of sp³-hybridized carbons (Fsp3) is 0.692. The van der Waals surface area contributed by atoms with Crippen LogP contribution in [0.3, 0.4) is 0 Å². The molecule has 2 unspecified atom stereocenters. The smallest absolute Gasteiger partial charge is 0.123 e. The molecule has 1 fully saturated rings. The predicted octanol–water partition coefficient (Wildman–Crippen LogP) is 2.81. The Hall–Kier alpha value is -0.800. The Morgan fingerprint density at radius 1 is 1.56 bits per heavy atom. The maximum absolute atomic E-state index is 5.64. The summed E-state index contributed by atoms with van der Waals surface area (Å²) >= 11 is 0. The van der Waals surface area contributed by atoms with Crippen LogP contribution in [0.4, 0.5) is 0 Å². The fourth-order valence-electron chi connectivity index (χ4n) is 2.37. The third kappa shape index (κ3) is 2.66. The van der Waals surface area contributed by atoms with Crippen molar-refractivity contribution in [3.05, 3.63) is 23.7 Å². The first kappa shape index (κ1) is 11.7. The first-order valence-corrected chi connectivity index (χ1v) is 6.14. The van der Waals surface area contributed by atoms with Gasteiger partial charge in [0.1, 0.15) is 5.76 Å². The molecule has 1 aliphatic rings. The Morgan fingerprint density at radius 2 is 2.44 bits per heavy atom. The van der Waals surface area contributed by atoms with E-state index in [-0.39, 0.29) is 0 Å². The molecule has 0 radical (unpaired) electrons. The van der Waals surface area contributed by atoms with Crippen molar-refractivity contribution < 1.29 is 9.15 Å². The molecule has 16 heavy (non-hydrogen) atoms. The van der Waals surface area contributed by atoms with E-state index >= 15 is 0 Å². The second kappa shape index (κ2) is 5.51. The highest BCUT2D eigenvalue weighted by Gasteiger charge is 2.20. The van der Waals surface area contributed by atoms with Crippen LogP contribution in [0.1, 0.15) is 43.0 Å². The van der Waals surface area contributed by atoms with Gasteiger partial charge < -0.3 is 14.5 Å². The third-order valence-corrected chi connectivity index (χ3v) is 3.37. The number of hydrogen-bond acceptors (Lipinski definition) is 3. The normalized spacial score (nSPS) is 22.5. The molecule has 0 amide bonds. The van der Waals surface area contributed by atoms with Crippen LogP contribution in [-0.2, 0) is 4.74 Å². The van der Waals surface area contributed by atoms with Gasteiger partial charge in [-0.15, -0.1) is 0 Å². The molecule has 3 nitrogen and oxygen atoms in total. The van der Waals surface area contributed by atoms with E-state index in [1.54, 1.807) is 6.26 Å². The summed E-state index contributed by atoms with van der Waals surface area (Å²) in [6, 6.07) is 2.34. The van der Waals surface area contributed by atoms with Gasteiger partial charge in [-0.25, -0.2) is 0 Å². The number of nitrogens with one attached hydrogen (secondary N) is 1. The van der Waals surface area contributed by atoms with Gasteiger partial charge in [0.2, 0.25) is 0 Å². The SMILES string of the molecule is CNC(CCC1CCCO1)c1occc1C. The quantitative estimate of drug-likeness (QED) is 0.833. The van der Waals surface area contributed by atoms with Crippen molar-refractivity contribution in [2.24, 2.45) is 0 Å². The standard InChI is InChI=1S/C13H21NO2/c1-10-7-9-16-13(10)12(14-2)6-5-11-4-3-8-15-11/h7,9,11-12,14H,3-6,8H2,1-2H3. The van der Waals surface area contributed by atoms with Gasteiger partial charge in [0.05, 0.1) is 18.4 Å². The molecule has 2 rings (SSSR count). The van der Waals surface area contributed by atoms with Gasteiger partial charge in [-0.1, -0.05) is 0 Å². The zero-order valence-electron chi connectivity index (χ0n) is 10.2. The topological polar surface area (TPSA) is 34.4 Å². The van der Waals surface area contributed by atoms with Gasteiger partial charge in [0, 0.05) is 6.61 Å². The minimum Gasteiger partial charge on any atom is -0.467 e. The predicted molar refractivity (Wildman–Crippen MR) is 63.5 cm³/mol. The number of hydrogen-bond donors (Lipinski definition) is 1. The Morgan fingerprint density at radius 3 is 3.00 bits per heavy atom. The maximum Gasteiger partial charge on any atom is 0.123 e. The minimum absolute atomic E-state index is 0.319. The average molecular weight is 223 g/mol. The van der Waals surface area contributed by atoms with Crippen molar-refractivity contribution in [1.82, 2.24) is 5.32 Å². The highest BCUT2D eigenvalue weighted by molar-refractivity contribution is 5.18. The van der Waals surface area contributed by atoms with Crippen LogP contribution in [0.2, 0.25) is 0 Å². The lowest BCUT2D eigenvalue weighted by Crippen LogP contribution is -2.18. The first-order valence-electron chi connectivity index (χ1n) is 6.14. The van der Waals surface area contributed by atoms with Crippen LogP contribution in [0.5, 0.6) is 0 Å². The Labute approximate surface area is 97.2 Å². The van der Waals surface area contributed by atoms with Gasteiger partial charge >= 0.3 is 0 Å². The Balaban J connectivity index is 1.88. The highest BCUT2D eigenvalue weighted by Crippen LogP contribution is 2.26. The second-order valence-electron chi connectivity index (χ2n) is 4.52. The lowest BCUT2D eigenvalue weighted by molar-refractivity contribution is 0.0991. The molecular weight excluding hydrogens is 202 g/mol. The molecule has 1 aliphatic heterocycles. The van der Waals surface area contributed by atoms with E-state index in [9.17, 15) is 0 Å². The maximum atomic E-state index is 5.64. The molecule has 2 atom stereocenters. The summed E-state index contributed by atoms with van der Waals surface area (Å²) in [5.41, 5.74) is 1.23. The molecule has 1 saturated heterocycles. The van der Waals surface area contributed by atoms with Crippen molar-refractivity contribution in [2.75, 3.05) is 13.7 Å². The summed E-state index contributed by atoms with van der Waals surface area (Å²) < 4.78 is 11.2. The summed E-state index contributed by atoms with van der Waals surface area (Å²) in [6.45, 7) is 3.03. The van der Waals surface area contributed by atoms with Crippen molar-refractivity contribution in [3.63, 3.8) is 0 Å². The van der Waals surface area contributed by atoms with Gasteiger partial charge in [0.25, 0.3) is 0 Å². The van der Waals surface area contributed by atoms with E-state index in [0.29, 0.717) is 12.1 Å². The Bertz CT molecular complexity index is 315. The van der Waals surface area contributed by atoms with Crippen LogP contribution in [-0.4, -0.2) is 19.8 Å². The highest BCUT2D eigenvalue weighted by atomic mass is 16.5. The van der Waals surface area contributed by atoms with Crippen LogP contribution < -0.4 is 5.32 Å². The number of rotatable bonds is 5. The van der Waals surface area contributed by atoms with E-state index < -0.39 is 0 Å². The zero-order chi connectivity index (χ0) is 11.4. The van der Waals surface area contributed by atoms with Crippen LogP contribution in [0, 0.1) is 6.92 Å². The van der Waals surface area contributed by atoms with Crippen molar-refractivity contribution in [1.29, 1.82) is 0 Å². The zero-order valence-corrected chi connectivity index (χ0v) is 10.2. The lowest BCUT2D eigenvalue weighted by Gasteiger charge is -2.17. The van der Waals surface area contributed by atoms with Crippen molar-refractivity contribution >= 4 is 0 Å². The first-order chi connectivity index (χ1) is 7.81. The molecular formula is C13H21NO2. The second-order valence-corrected chi connectivity index (χ2v) is 4.52. The van der Waals surface area contributed by atoms with Gasteiger partial charge in [-0.2, -0.15) is 0 Å². The fourth-order valence-corrected chi connectivity index (χ4v) is 2.37. The van der Waals surface area contributed by atoms with Gasteiger partial charge in [0.15, 0.2) is 0 Å². The minimum atomic E-state index is 0.319. The molecule has 2 heterocycles. The third-order valence-electron chi connectivity index (χ3n) is 3.37. The molecule has 1 aromatic heterocycles. The molecule has 1 N–H and O–H groups in total. The summed E-state index contributed by atoms with van der Waals surface area (Å²) in [4.78, 5) is 0. The van der Waals surface area contributed by atoms with Gasteiger partial charge in [-0.3, -0.25) is 0 Å². The monoisotopic (exact) mass is 223 g/mol. The van der Waals surface area contributed by atoms with Crippen LogP contribution >= 0.6 is 0 Å². The molecule has 0 saturated carbocycles. The van der Waals surface area contributed by atoms with Gasteiger partial charge in [-0.05, 0) is 51.3 Å². The molecule has 3 heteroatoms. The summed E-state index contributed by atoms with van der Waals surface area (Å²) in [6.07, 6.45) is 6.86. The summed E-state index contributed by atoms with van der Waals surface area (Å²) in [5, 5.41) is 3.32. The summed E-state index contributed by atoms with van der Waals surface area (Å²) in [7, 11) is 1.99. The molecule has 1 aromatic rings. The van der Waals surface area contributed by atoms with E-state index in [1.807, 2.05) is 13.1 Å². The Kier molecular flexibility index (Phi) is 4.02. The van der Waals surface area contributed by atoms with E-state index in [1.165, 1.54) is 18.4 Å². The van der Waals surface area contributed by atoms with Crippen molar-refractivity contribution in [2.45, 2.75) is 44.8 Å². The number of ether oxygens (including phenoxy) is 1. The molecule has 0 aromatic carbocycles. The van der Waals surface area contributed by atoms with E-state index in [4.69, 9.17) is 9.15 Å². The van der Waals surface area contributed by atoms with E-state index in [0.717, 1.165) is 25.2 Å².